The Labute approximate surface area is 130 Å². The molecule has 1 aromatic rings. The maximum Gasteiger partial charge on any atom is 0.0326 e. The molecule has 1 heteroatoms. The summed E-state index contributed by atoms with van der Waals surface area (Å²) >= 11 is 0. The monoisotopic (exact) mass is 285 g/mol. The van der Waals surface area contributed by atoms with Crippen LogP contribution in [0.25, 0.3) is 0 Å². The molecule has 0 aliphatic heterocycles. The lowest BCUT2D eigenvalue weighted by Crippen LogP contribution is -2.43. The molecular formula is C20H31N. The minimum Gasteiger partial charge on any atom is -0.307 e. The summed E-state index contributed by atoms with van der Waals surface area (Å²) < 4.78 is 0. The van der Waals surface area contributed by atoms with Crippen LogP contribution in [-0.2, 0) is 5.41 Å². The van der Waals surface area contributed by atoms with Crippen LogP contribution in [0.1, 0.15) is 77.0 Å². The van der Waals surface area contributed by atoms with E-state index in [9.17, 15) is 0 Å². The lowest BCUT2D eigenvalue weighted by Gasteiger charge is -2.41. The molecule has 1 N–H and O–H groups in total. The molecule has 4 unspecified atom stereocenters. The molecule has 0 bridgehead atoms. The summed E-state index contributed by atoms with van der Waals surface area (Å²) in [5, 5.41) is 4.02. The van der Waals surface area contributed by atoms with Gasteiger partial charge in [0.2, 0.25) is 0 Å². The van der Waals surface area contributed by atoms with Crippen molar-refractivity contribution in [2.75, 3.05) is 0 Å². The van der Waals surface area contributed by atoms with E-state index in [2.05, 4.69) is 57.3 Å². The third-order valence-electron chi connectivity index (χ3n) is 5.97. The SMILES string of the molecule is CC1CCC(NC2CCC(C)(C)c3ccccc32)C(C)C1. The minimum atomic E-state index is 0.335. The average molecular weight is 285 g/mol. The molecule has 1 nitrogen and oxygen atoms in total. The second-order valence-corrected chi connectivity index (χ2v) is 8.23. The Balaban J connectivity index is 1.78. The lowest BCUT2D eigenvalue weighted by atomic mass is 9.70. The fraction of sp³-hybridized carbons (Fsp3) is 0.700. The molecule has 0 radical (unpaired) electrons. The predicted octanol–water partition coefficient (Wildman–Crippen LogP) is 5.21. The molecule has 21 heavy (non-hydrogen) atoms. The molecule has 1 saturated carbocycles. The van der Waals surface area contributed by atoms with E-state index in [1.54, 1.807) is 11.1 Å². The van der Waals surface area contributed by atoms with Crippen molar-refractivity contribution in [2.45, 2.75) is 77.3 Å². The number of nitrogens with one attached hydrogen (secondary N) is 1. The normalized spacial score (nSPS) is 35.2. The first kappa shape index (κ1) is 15.1. The average Bonchev–Trinajstić information content (AvgIpc) is 2.45. The van der Waals surface area contributed by atoms with E-state index in [1.807, 2.05) is 0 Å². The van der Waals surface area contributed by atoms with Gasteiger partial charge in [-0.2, -0.15) is 0 Å². The molecule has 2 aliphatic carbocycles. The first-order valence-electron chi connectivity index (χ1n) is 8.83. The van der Waals surface area contributed by atoms with Gasteiger partial charge in [-0.1, -0.05) is 52.0 Å². The molecule has 2 aliphatic rings. The van der Waals surface area contributed by atoms with Crippen molar-refractivity contribution in [3.8, 4) is 0 Å². The van der Waals surface area contributed by atoms with Gasteiger partial charge in [0.1, 0.15) is 0 Å². The lowest BCUT2D eigenvalue weighted by molar-refractivity contribution is 0.202. The van der Waals surface area contributed by atoms with Crippen LogP contribution in [0.2, 0.25) is 0 Å². The predicted molar refractivity (Wildman–Crippen MR) is 90.5 cm³/mol. The summed E-state index contributed by atoms with van der Waals surface area (Å²) in [6.45, 7) is 9.64. The van der Waals surface area contributed by atoms with Gasteiger partial charge < -0.3 is 5.32 Å². The summed E-state index contributed by atoms with van der Waals surface area (Å²) in [6, 6.07) is 10.4. The highest BCUT2D eigenvalue weighted by Crippen LogP contribution is 2.42. The molecule has 1 fully saturated rings. The number of hydrogen-bond acceptors (Lipinski definition) is 1. The smallest absolute Gasteiger partial charge is 0.0326 e. The van der Waals surface area contributed by atoms with Crippen molar-refractivity contribution in [1.29, 1.82) is 0 Å². The van der Waals surface area contributed by atoms with Crippen molar-refractivity contribution < 1.29 is 0 Å². The fourth-order valence-electron chi connectivity index (χ4n) is 4.56. The maximum absolute atomic E-state index is 4.02. The highest BCUT2D eigenvalue weighted by Gasteiger charge is 2.34. The van der Waals surface area contributed by atoms with E-state index in [0.29, 0.717) is 17.5 Å². The Hall–Kier alpha value is -0.820. The molecule has 0 spiro atoms. The van der Waals surface area contributed by atoms with Gasteiger partial charge in [-0.3, -0.25) is 0 Å². The van der Waals surface area contributed by atoms with Gasteiger partial charge in [0.25, 0.3) is 0 Å². The van der Waals surface area contributed by atoms with Crippen LogP contribution in [0.4, 0.5) is 0 Å². The van der Waals surface area contributed by atoms with Crippen molar-refractivity contribution in [3.05, 3.63) is 35.4 Å². The number of fused-ring (bicyclic) bond motifs is 1. The zero-order valence-corrected chi connectivity index (χ0v) is 14.2. The van der Waals surface area contributed by atoms with Gasteiger partial charge in [0, 0.05) is 12.1 Å². The van der Waals surface area contributed by atoms with Crippen LogP contribution < -0.4 is 5.32 Å². The molecule has 0 amide bonds. The minimum absolute atomic E-state index is 0.335. The Morgan fingerprint density at radius 1 is 1.05 bits per heavy atom. The molecule has 4 atom stereocenters. The molecule has 116 valence electrons. The summed E-state index contributed by atoms with van der Waals surface area (Å²) in [7, 11) is 0. The van der Waals surface area contributed by atoms with Crippen LogP contribution in [-0.4, -0.2) is 6.04 Å². The van der Waals surface area contributed by atoms with Gasteiger partial charge in [0.05, 0.1) is 0 Å². The van der Waals surface area contributed by atoms with Crippen molar-refractivity contribution in [1.82, 2.24) is 5.32 Å². The van der Waals surface area contributed by atoms with Gasteiger partial charge >= 0.3 is 0 Å². The number of benzene rings is 1. The molecule has 0 heterocycles. The molecule has 1 aromatic carbocycles. The number of hydrogen-bond donors (Lipinski definition) is 1. The number of rotatable bonds is 2. The molecule has 0 aromatic heterocycles. The molecule has 0 saturated heterocycles. The maximum atomic E-state index is 4.02. The van der Waals surface area contributed by atoms with E-state index in [1.165, 1.54) is 32.1 Å². The molecule has 3 rings (SSSR count). The second kappa shape index (κ2) is 5.76. The van der Waals surface area contributed by atoms with Gasteiger partial charge in [0.15, 0.2) is 0 Å². The van der Waals surface area contributed by atoms with E-state index in [4.69, 9.17) is 0 Å². The third kappa shape index (κ3) is 3.04. The standard InChI is InChI=1S/C20H31N/c1-14-9-10-18(15(2)13-14)21-19-11-12-20(3,4)17-8-6-5-7-16(17)19/h5-8,14-15,18-19,21H,9-13H2,1-4H3. The van der Waals surface area contributed by atoms with Crippen molar-refractivity contribution >= 4 is 0 Å². The van der Waals surface area contributed by atoms with E-state index in [0.717, 1.165) is 11.8 Å². The third-order valence-corrected chi connectivity index (χ3v) is 5.97. The quantitative estimate of drug-likeness (QED) is 0.786. The first-order valence-corrected chi connectivity index (χ1v) is 8.83. The summed E-state index contributed by atoms with van der Waals surface area (Å²) in [6.07, 6.45) is 6.70. The topological polar surface area (TPSA) is 12.0 Å². The van der Waals surface area contributed by atoms with Crippen molar-refractivity contribution in [2.24, 2.45) is 11.8 Å². The van der Waals surface area contributed by atoms with Crippen LogP contribution in [0, 0.1) is 11.8 Å². The highest BCUT2D eigenvalue weighted by atomic mass is 15.0. The summed E-state index contributed by atoms with van der Waals surface area (Å²) in [5.41, 5.74) is 3.45. The van der Waals surface area contributed by atoms with Crippen LogP contribution in [0.5, 0.6) is 0 Å². The van der Waals surface area contributed by atoms with E-state index in [-0.39, 0.29) is 0 Å². The van der Waals surface area contributed by atoms with Gasteiger partial charge in [-0.15, -0.1) is 0 Å². The van der Waals surface area contributed by atoms with Crippen LogP contribution in [0.3, 0.4) is 0 Å². The van der Waals surface area contributed by atoms with Gasteiger partial charge in [-0.25, -0.2) is 0 Å². The highest BCUT2D eigenvalue weighted by molar-refractivity contribution is 5.38. The van der Waals surface area contributed by atoms with E-state index >= 15 is 0 Å². The largest absolute Gasteiger partial charge is 0.307 e. The second-order valence-electron chi connectivity index (χ2n) is 8.23. The van der Waals surface area contributed by atoms with Crippen LogP contribution >= 0.6 is 0 Å². The Bertz CT molecular complexity index is 490. The van der Waals surface area contributed by atoms with Gasteiger partial charge in [-0.05, 0) is 60.5 Å². The van der Waals surface area contributed by atoms with Crippen molar-refractivity contribution in [3.63, 3.8) is 0 Å². The zero-order chi connectivity index (χ0) is 15.0. The molecular weight excluding hydrogens is 254 g/mol. The summed E-state index contributed by atoms with van der Waals surface area (Å²) in [5.74, 6) is 1.73. The van der Waals surface area contributed by atoms with E-state index < -0.39 is 0 Å². The Morgan fingerprint density at radius 2 is 1.81 bits per heavy atom. The first-order chi connectivity index (χ1) is 9.97. The Kier molecular flexibility index (Phi) is 4.14. The zero-order valence-electron chi connectivity index (χ0n) is 14.2. The summed E-state index contributed by atoms with van der Waals surface area (Å²) in [4.78, 5) is 0. The Morgan fingerprint density at radius 3 is 2.57 bits per heavy atom. The van der Waals surface area contributed by atoms with Crippen LogP contribution in [0.15, 0.2) is 24.3 Å². The fourth-order valence-corrected chi connectivity index (χ4v) is 4.56.